The molecule has 1 aliphatic heterocycles. The van der Waals surface area contributed by atoms with Gasteiger partial charge in [-0.15, -0.1) is 0 Å². The van der Waals surface area contributed by atoms with Crippen LogP contribution >= 0.6 is 0 Å². The highest BCUT2D eigenvalue weighted by atomic mass is 16.2. The van der Waals surface area contributed by atoms with Gasteiger partial charge in [-0.1, -0.05) is 6.07 Å². The first kappa shape index (κ1) is 15.7. The zero-order chi connectivity index (χ0) is 17.3. The lowest BCUT2D eigenvalue weighted by Gasteiger charge is -2.30. The van der Waals surface area contributed by atoms with E-state index in [1.54, 1.807) is 56.6 Å². The summed E-state index contributed by atoms with van der Waals surface area (Å²) < 4.78 is 0. The van der Waals surface area contributed by atoms with E-state index >= 15 is 0 Å². The van der Waals surface area contributed by atoms with E-state index in [0.717, 1.165) is 0 Å². The predicted octanol–water partition coefficient (Wildman–Crippen LogP) is 2.27. The molecule has 24 heavy (non-hydrogen) atoms. The average Bonchev–Trinajstić information content (AvgIpc) is 2.54. The van der Waals surface area contributed by atoms with Gasteiger partial charge in [-0.25, -0.2) is 4.79 Å². The van der Waals surface area contributed by atoms with Crippen molar-refractivity contribution in [3.63, 3.8) is 0 Å². The van der Waals surface area contributed by atoms with Gasteiger partial charge in [-0.3, -0.25) is 19.9 Å². The van der Waals surface area contributed by atoms with E-state index in [-0.39, 0.29) is 5.91 Å². The summed E-state index contributed by atoms with van der Waals surface area (Å²) in [5.41, 5.74) is 1.27. The maximum absolute atomic E-state index is 12.0. The Morgan fingerprint density at radius 1 is 1.04 bits per heavy atom. The number of nitrogens with one attached hydrogen (secondary N) is 3. The van der Waals surface area contributed by atoms with Crippen LogP contribution < -0.4 is 16.0 Å². The molecule has 1 aliphatic rings. The topological polar surface area (TPSA) is 100 Å². The van der Waals surface area contributed by atoms with Gasteiger partial charge in [0.05, 0.1) is 5.41 Å². The van der Waals surface area contributed by atoms with E-state index in [1.807, 2.05) is 0 Å². The molecule has 1 aromatic heterocycles. The number of imide groups is 1. The molecule has 2 aromatic rings. The highest BCUT2D eigenvalue weighted by Gasteiger charge is 2.39. The summed E-state index contributed by atoms with van der Waals surface area (Å²) in [6, 6.07) is 7.80. The van der Waals surface area contributed by atoms with Crippen LogP contribution in [0.5, 0.6) is 0 Å². The fraction of sp³-hybridized carbons (Fsp3) is 0.176. The summed E-state index contributed by atoms with van der Waals surface area (Å²) >= 11 is 0. The number of carbonyl (C=O) groups is 3. The van der Waals surface area contributed by atoms with Crippen LogP contribution in [0.4, 0.5) is 16.2 Å². The molecule has 1 aromatic carbocycles. The second-order valence-electron chi connectivity index (χ2n) is 5.98. The second kappa shape index (κ2) is 5.77. The van der Waals surface area contributed by atoms with Gasteiger partial charge in [0.15, 0.2) is 0 Å². The number of aromatic nitrogens is 1. The zero-order valence-electron chi connectivity index (χ0n) is 13.2. The molecule has 7 heteroatoms. The highest BCUT2D eigenvalue weighted by molar-refractivity contribution is 6.13. The lowest BCUT2D eigenvalue weighted by atomic mass is 9.78. The number of nitrogens with zero attached hydrogens (tertiary/aromatic N) is 1. The summed E-state index contributed by atoms with van der Waals surface area (Å²) in [5, 5.41) is 7.66. The van der Waals surface area contributed by atoms with Gasteiger partial charge in [-0.05, 0) is 43.7 Å². The molecule has 0 atom stereocenters. The summed E-state index contributed by atoms with van der Waals surface area (Å²) in [6.07, 6.45) is 3.13. The number of fused-ring (bicyclic) bond motifs is 1. The van der Waals surface area contributed by atoms with Crippen molar-refractivity contribution in [1.82, 2.24) is 10.3 Å². The van der Waals surface area contributed by atoms with E-state index in [9.17, 15) is 14.4 Å². The molecule has 0 unspecified atom stereocenters. The standard InChI is InChI=1S/C17H16N4O3/c1-17(2)13-4-3-11(9-12(13)14(22)21-15(17)23)20-16(24)19-10-5-7-18-8-6-10/h3-9H,1-2H3,(H,21,22,23)(H2,18,19,20,24). The van der Waals surface area contributed by atoms with Gasteiger partial charge >= 0.3 is 6.03 Å². The van der Waals surface area contributed by atoms with Crippen LogP contribution in [-0.2, 0) is 10.2 Å². The number of carbonyl (C=O) groups excluding carboxylic acids is 3. The van der Waals surface area contributed by atoms with Gasteiger partial charge in [0.25, 0.3) is 5.91 Å². The predicted molar refractivity (Wildman–Crippen MR) is 88.8 cm³/mol. The number of pyridine rings is 1. The number of hydrogen-bond donors (Lipinski definition) is 3. The molecule has 3 rings (SSSR count). The van der Waals surface area contributed by atoms with Crippen LogP contribution in [0.3, 0.4) is 0 Å². The first-order chi connectivity index (χ1) is 11.4. The van der Waals surface area contributed by atoms with Crippen LogP contribution in [0.15, 0.2) is 42.7 Å². The first-order valence-electron chi connectivity index (χ1n) is 7.36. The molecule has 7 nitrogen and oxygen atoms in total. The number of hydrogen-bond acceptors (Lipinski definition) is 4. The minimum Gasteiger partial charge on any atom is -0.308 e. The molecule has 4 amide bonds. The summed E-state index contributed by atoms with van der Waals surface area (Å²) in [4.78, 5) is 39.9. The summed E-state index contributed by atoms with van der Waals surface area (Å²) in [5.74, 6) is -0.802. The molecule has 0 radical (unpaired) electrons. The molecule has 2 heterocycles. The van der Waals surface area contributed by atoms with Gasteiger partial charge in [0, 0.05) is 29.3 Å². The van der Waals surface area contributed by atoms with E-state index in [0.29, 0.717) is 22.5 Å². The Balaban J connectivity index is 1.82. The van der Waals surface area contributed by atoms with E-state index in [2.05, 4.69) is 20.9 Å². The lowest BCUT2D eigenvalue weighted by Crippen LogP contribution is -2.48. The van der Waals surface area contributed by atoms with Crippen LogP contribution in [-0.4, -0.2) is 22.8 Å². The van der Waals surface area contributed by atoms with E-state index < -0.39 is 17.4 Å². The normalized spacial score (nSPS) is 15.2. The first-order valence-corrected chi connectivity index (χ1v) is 7.36. The summed E-state index contributed by atoms with van der Waals surface area (Å²) in [6.45, 7) is 3.49. The fourth-order valence-electron chi connectivity index (χ4n) is 2.53. The Bertz CT molecular complexity index is 831. The molecule has 0 spiro atoms. The van der Waals surface area contributed by atoms with Gasteiger partial charge in [-0.2, -0.15) is 0 Å². The van der Waals surface area contributed by atoms with Gasteiger partial charge in [0.2, 0.25) is 5.91 Å². The monoisotopic (exact) mass is 324 g/mol. The van der Waals surface area contributed by atoms with Gasteiger partial charge < -0.3 is 10.6 Å². The molecule has 0 saturated heterocycles. The third-order valence-corrected chi connectivity index (χ3v) is 3.93. The van der Waals surface area contributed by atoms with Crippen molar-refractivity contribution in [3.05, 3.63) is 53.9 Å². The molecule has 3 N–H and O–H groups in total. The van der Waals surface area contributed by atoms with Crippen LogP contribution in [0.1, 0.15) is 29.8 Å². The van der Waals surface area contributed by atoms with Crippen molar-refractivity contribution in [2.45, 2.75) is 19.3 Å². The molecular formula is C17H16N4O3. The van der Waals surface area contributed by atoms with Crippen molar-refractivity contribution >= 4 is 29.2 Å². The van der Waals surface area contributed by atoms with Crippen LogP contribution in [0.25, 0.3) is 0 Å². The SMILES string of the molecule is CC1(C)C(=O)NC(=O)c2cc(NC(=O)Nc3ccncc3)ccc21. The molecule has 122 valence electrons. The maximum atomic E-state index is 12.0. The van der Waals surface area contributed by atoms with E-state index in [1.165, 1.54) is 0 Å². The van der Waals surface area contributed by atoms with Crippen molar-refractivity contribution in [1.29, 1.82) is 0 Å². The smallest absolute Gasteiger partial charge is 0.308 e. The average molecular weight is 324 g/mol. The Hall–Kier alpha value is -3.22. The van der Waals surface area contributed by atoms with Crippen LogP contribution in [0.2, 0.25) is 0 Å². The maximum Gasteiger partial charge on any atom is 0.323 e. The Morgan fingerprint density at radius 3 is 2.42 bits per heavy atom. The van der Waals surface area contributed by atoms with E-state index in [4.69, 9.17) is 0 Å². The molecule has 0 saturated carbocycles. The second-order valence-corrected chi connectivity index (χ2v) is 5.98. The third-order valence-electron chi connectivity index (χ3n) is 3.93. The number of amides is 4. The highest BCUT2D eigenvalue weighted by Crippen LogP contribution is 2.32. The van der Waals surface area contributed by atoms with Crippen LogP contribution in [0, 0.1) is 0 Å². The fourth-order valence-corrected chi connectivity index (χ4v) is 2.53. The molecule has 0 aliphatic carbocycles. The van der Waals surface area contributed by atoms with Crippen molar-refractivity contribution in [3.8, 4) is 0 Å². The Labute approximate surface area is 138 Å². The van der Waals surface area contributed by atoms with Crippen molar-refractivity contribution in [2.24, 2.45) is 0 Å². The molecular weight excluding hydrogens is 308 g/mol. The number of urea groups is 1. The Kier molecular flexibility index (Phi) is 3.76. The molecule has 0 bridgehead atoms. The Morgan fingerprint density at radius 2 is 1.71 bits per heavy atom. The lowest BCUT2D eigenvalue weighted by molar-refractivity contribution is -0.125. The van der Waals surface area contributed by atoms with Crippen molar-refractivity contribution < 1.29 is 14.4 Å². The minimum absolute atomic E-state index is 0.337. The largest absolute Gasteiger partial charge is 0.323 e. The third kappa shape index (κ3) is 2.83. The van der Waals surface area contributed by atoms with Crippen molar-refractivity contribution in [2.75, 3.05) is 10.6 Å². The number of anilines is 2. The number of rotatable bonds is 2. The zero-order valence-corrected chi connectivity index (χ0v) is 13.2. The quantitative estimate of drug-likeness (QED) is 0.738. The number of benzene rings is 1. The summed E-state index contributed by atoms with van der Waals surface area (Å²) in [7, 11) is 0. The molecule has 0 fully saturated rings. The minimum atomic E-state index is -0.804. The van der Waals surface area contributed by atoms with Gasteiger partial charge in [0.1, 0.15) is 0 Å².